The van der Waals surface area contributed by atoms with Crippen molar-refractivity contribution in [3.8, 4) is 0 Å². The topological polar surface area (TPSA) is 126 Å². The first-order valence-corrected chi connectivity index (χ1v) is 2.85. The van der Waals surface area contributed by atoms with Gasteiger partial charge in [-0.15, -0.1) is 0 Å². The van der Waals surface area contributed by atoms with Gasteiger partial charge >= 0.3 is 5.97 Å². The highest BCUT2D eigenvalue weighted by atomic mass is 16.4. The van der Waals surface area contributed by atoms with E-state index >= 15 is 0 Å². The fourth-order valence-electron chi connectivity index (χ4n) is 0.365. The molecule has 0 aliphatic heterocycles. The van der Waals surface area contributed by atoms with Crippen LogP contribution in [-0.4, -0.2) is 23.1 Å². The summed E-state index contributed by atoms with van der Waals surface area (Å²) in [5.74, 6) is 8.81. The molecule has 0 heterocycles. The average molecular weight is 161 g/mol. The van der Waals surface area contributed by atoms with Crippen LogP contribution in [0.5, 0.6) is 0 Å². The van der Waals surface area contributed by atoms with E-state index in [0.29, 0.717) is 0 Å². The van der Waals surface area contributed by atoms with Crippen LogP contribution < -0.4 is 22.5 Å². The van der Waals surface area contributed by atoms with Crippen LogP contribution in [-0.2, 0) is 4.79 Å². The van der Waals surface area contributed by atoms with Gasteiger partial charge in [0.05, 0.1) is 0 Å². The minimum absolute atomic E-state index is 0.0277. The lowest BCUT2D eigenvalue weighted by molar-refractivity contribution is -0.137. The van der Waals surface area contributed by atoms with E-state index in [1.807, 2.05) is 0 Å². The van der Waals surface area contributed by atoms with E-state index in [2.05, 4.69) is 15.8 Å². The molecule has 1 atom stereocenters. The Morgan fingerprint density at radius 3 is 2.27 bits per heavy atom. The number of carboxylic acid groups (broad SMARTS) is 1. The summed E-state index contributed by atoms with van der Waals surface area (Å²) >= 11 is 0. The molecule has 0 amide bonds. The van der Waals surface area contributed by atoms with Crippen LogP contribution in [0.15, 0.2) is 4.99 Å². The lowest BCUT2D eigenvalue weighted by atomic mass is 10.4. The van der Waals surface area contributed by atoms with Crippen molar-refractivity contribution in [3.05, 3.63) is 0 Å². The number of nitrogens with zero attached hydrogens (tertiary/aromatic N) is 1. The molecule has 11 heavy (non-hydrogen) atoms. The van der Waals surface area contributed by atoms with Crippen molar-refractivity contribution in [1.82, 2.24) is 10.9 Å². The van der Waals surface area contributed by atoms with Gasteiger partial charge in [0.25, 0.3) is 0 Å². The number of hydrazine groups is 2. The number of nitrogens with two attached hydrogens (primary N) is 2. The molecule has 0 fully saturated rings. The molecule has 0 bridgehead atoms. The summed E-state index contributed by atoms with van der Waals surface area (Å²) in [6, 6.07) is -0.878. The molecule has 1 unspecified atom stereocenters. The van der Waals surface area contributed by atoms with E-state index in [0.717, 1.165) is 0 Å². The zero-order valence-corrected chi connectivity index (χ0v) is 6.03. The average Bonchev–Trinajstić information content (AvgIpc) is 1.99. The predicted octanol–water partition coefficient (Wildman–Crippen LogP) is -2.26. The number of aliphatic imine (C=N–C) groups is 1. The van der Waals surface area contributed by atoms with Crippen molar-refractivity contribution in [2.75, 3.05) is 0 Å². The second-order valence-corrected chi connectivity index (χ2v) is 1.78. The fourth-order valence-corrected chi connectivity index (χ4v) is 0.365. The number of carbonyl (C=O) groups is 1. The lowest BCUT2D eigenvalue weighted by Crippen LogP contribution is -2.46. The fraction of sp³-hybridized carbons (Fsp3) is 0.500. The van der Waals surface area contributed by atoms with E-state index in [-0.39, 0.29) is 5.96 Å². The maximum absolute atomic E-state index is 10.2. The first kappa shape index (κ1) is 9.66. The van der Waals surface area contributed by atoms with Gasteiger partial charge in [0.1, 0.15) is 6.04 Å². The molecule has 0 radical (unpaired) electrons. The minimum Gasteiger partial charge on any atom is -0.480 e. The third-order valence-corrected chi connectivity index (χ3v) is 0.954. The Morgan fingerprint density at radius 1 is 1.55 bits per heavy atom. The first-order valence-electron chi connectivity index (χ1n) is 2.85. The zero-order valence-electron chi connectivity index (χ0n) is 6.03. The van der Waals surface area contributed by atoms with Crippen LogP contribution in [0.25, 0.3) is 0 Å². The predicted molar refractivity (Wildman–Crippen MR) is 39.2 cm³/mol. The second-order valence-electron chi connectivity index (χ2n) is 1.78. The standard InChI is InChI=1S/C4H11N5O2/c1-2(3(10)11)7-4(8-5)9-6/h2H,5-6H2,1H3,(H,10,11)(H2,7,8,9). The number of carboxylic acids is 1. The van der Waals surface area contributed by atoms with Gasteiger partial charge < -0.3 is 5.11 Å². The summed E-state index contributed by atoms with van der Waals surface area (Å²) in [6.45, 7) is 1.40. The lowest BCUT2D eigenvalue weighted by Gasteiger charge is -2.05. The molecule has 0 aliphatic rings. The van der Waals surface area contributed by atoms with Crippen LogP contribution in [0.3, 0.4) is 0 Å². The van der Waals surface area contributed by atoms with Gasteiger partial charge in [0.15, 0.2) is 0 Å². The summed E-state index contributed by atoms with van der Waals surface area (Å²) in [5.41, 5.74) is 4.18. The van der Waals surface area contributed by atoms with Crippen LogP contribution >= 0.6 is 0 Å². The van der Waals surface area contributed by atoms with Gasteiger partial charge in [-0.05, 0) is 6.92 Å². The van der Waals surface area contributed by atoms with Crippen LogP contribution in [0, 0.1) is 0 Å². The van der Waals surface area contributed by atoms with Crippen LogP contribution in [0.4, 0.5) is 0 Å². The monoisotopic (exact) mass is 161 g/mol. The summed E-state index contributed by atoms with van der Waals surface area (Å²) in [4.78, 5) is 13.8. The highest BCUT2D eigenvalue weighted by Crippen LogP contribution is 1.87. The van der Waals surface area contributed by atoms with E-state index < -0.39 is 12.0 Å². The maximum Gasteiger partial charge on any atom is 0.328 e. The number of hydrogen-bond donors (Lipinski definition) is 5. The number of rotatable bonds is 2. The second kappa shape index (κ2) is 4.47. The molecule has 7 nitrogen and oxygen atoms in total. The molecule has 0 saturated carbocycles. The van der Waals surface area contributed by atoms with Gasteiger partial charge in [0.2, 0.25) is 5.96 Å². The maximum atomic E-state index is 10.2. The molecule has 0 saturated heterocycles. The number of aliphatic carboxylic acids is 1. The molecule has 0 aliphatic carbocycles. The zero-order chi connectivity index (χ0) is 8.85. The van der Waals surface area contributed by atoms with Crippen molar-refractivity contribution in [3.63, 3.8) is 0 Å². The van der Waals surface area contributed by atoms with Crippen LogP contribution in [0.1, 0.15) is 6.92 Å². The number of hydrogen-bond acceptors (Lipinski definition) is 4. The van der Waals surface area contributed by atoms with Gasteiger partial charge in [-0.25, -0.2) is 21.5 Å². The highest BCUT2D eigenvalue weighted by molar-refractivity contribution is 5.82. The van der Waals surface area contributed by atoms with Gasteiger partial charge in [-0.1, -0.05) is 0 Å². The van der Waals surface area contributed by atoms with Gasteiger partial charge in [0, 0.05) is 0 Å². The Kier molecular flexibility index (Phi) is 3.93. The van der Waals surface area contributed by atoms with E-state index in [4.69, 9.17) is 16.8 Å². The summed E-state index contributed by atoms with van der Waals surface area (Å²) < 4.78 is 0. The third-order valence-electron chi connectivity index (χ3n) is 0.954. The SMILES string of the molecule is CC(N=C(NN)NN)C(=O)O. The molecular formula is C4H11N5O2. The Morgan fingerprint density at radius 2 is 2.00 bits per heavy atom. The summed E-state index contributed by atoms with van der Waals surface area (Å²) in [6.07, 6.45) is 0. The van der Waals surface area contributed by atoms with E-state index in [1.54, 1.807) is 0 Å². The molecule has 7 N–H and O–H groups in total. The van der Waals surface area contributed by atoms with Crippen molar-refractivity contribution in [2.24, 2.45) is 16.7 Å². The largest absolute Gasteiger partial charge is 0.480 e. The molecule has 0 spiro atoms. The van der Waals surface area contributed by atoms with Gasteiger partial charge in [-0.2, -0.15) is 0 Å². The molecule has 0 aromatic carbocycles. The number of nitrogens with one attached hydrogen (secondary N) is 2. The third kappa shape index (κ3) is 3.38. The van der Waals surface area contributed by atoms with E-state index in [9.17, 15) is 4.79 Å². The smallest absolute Gasteiger partial charge is 0.328 e. The van der Waals surface area contributed by atoms with E-state index in [1.165, 1.54) is 6.92 Å². The first-order chi connectivity index (χ1) is 5.11. The normalized spacial score (nSPS) is 11.5. The quantitative estimate of drug-likeness (QED) is 0.135. The molecule has 0 aromatic rings. The van der Waals surface area contributed by atoms with Crippen molar-refractivity contribution < 1.29 is 9.90 Å². The molecular weight excluding hydrogens is 150 g/mol. The van der Waals surface area contributed by atoms with Crippen molar-refractivity contribution >= 4 is 11.9 Å². The molecule has 0 rings (SSSR count). The van der Waals surface area contributed by atoms with Gasteiger partial charge in [-0.3, -0.25) is 10.9 Å². The number of guanidine groups is 1. The Hall–Kier alpha value is -1.34. The van der Waals surface area contributed by atoms with Crippen molar-refractivity contribution in [2.45, 2.75) is 13.0 Å². The molecule has 0 aromatic heterocycles. The Labute approximate surface area is 63.4 Å². The minimum atomic E-state index is -1.05. The molecule has 7 heteroatoms. The highest BCUT2D eigenvalue weighted by Gasteiger charge is 2.08. The molecule has 64 valence electrons. The summed E-state index contributed by atoms with van der Waals surface area (Å²) in [7, 11) is 0. The Balaban J connectivity index is 4.14. The Bertz CT molecular complexity index is 162. The summed E-state index contributed by atoms with van der Waals surface area (Å²) in [5, 5.41) is 8.38. The van der Waals surface area contributed by atoms with Crippen LogP contribution in [0.2, 0.25) is 0 Å². The van der Waals surface area contributed by atoms with Crippen molar-refractivity contribution in [1.29, 1.82) is 0 Å².